The topological polar surface area (TPSA) is 99.9 Å². The normalized spacial score (nSPS) is 18.6. The lowest BCUT2D eigenvalue weighted by atomic mass is 9.92. The average Bonchev–Trinajstić information content (AvgIpc) is 3.35. The number of likely N-dealkylation sites (tertiary alicyclic amines) is 1. The van der Waals surface area contributed by atoms with Gasteiger partial charge in [-0.2, -0.15) is 0 Å². The lowest BCUT2D eigenvalue weighted by Gasteiger charge is -2.38. The maximum absolute atomic E-state index is 13.0. The van der Waals surface area contributed by atoms with Crippen LogP contribution in [0.25, 0.3) is 10.9 Å². The number of carbonyl (C=O) groups is 1. The molecule has 2 amide bonds. The van der Waals surface area contributed by atoms with E-state index in [-0.39, 0.29) is 24.6 Å². The van der Waals surface area contributed by atoms with Crippen LogP contribution >= 0.6 is 0 Å². The number of aliphatic hydroxyl groups is 1. The average molecular weight is 439 g/mol. The molecule has 3 N–H and O–H groups in total. The van der Waals surface area contributed by atoms with E-state index in [0.29, 0.717) is 24.5 Å². The van der Waals surface area contributed by atoms with Gasteiger partial charge in [-0.05, 0) is 55.8 Å². The third-order valence-electron chi connectivity index (χ3n) is 6.03. The second kappa shape index (κ2) is 10.5. The van der Waals surface area contributed by atoms with Gasteiger partial charge in [0.15, 0.2) is 0 Å². The number of aryl methyl sites for hydroxylation is 1. The molecule has 0 aliphatic carbocycles. The van der Waals surface area contributed by atoms with E-state index >= 15 is 0 Å². The van der Waals surface area contributed by atoms with E-state index in [1.807, 2.05) is 30.3 Å². The Morgan fingerprint density at radius 2 is 2.25 bits per heavy atom. The highest BCUT2D eigenvalue weighted by molar-refractivity contribution is 6.00. The van der Waals surface area contributed by atoms with Crippen LogP contribution in [0.15, 0.2) is 53.3 Å². The van der Waals surface area contributed by atoms with Crippen molar-refractivity contribution in [2.75, 3.05) is 38.7 Å². The second-order valence-corrected chi connectivity index (χ2v) is 8.09. The number of amides is 2. The van der Waals surface area contributed by atoms with Gasteiger partial charge in [-0.3, -0.25) is 4.98 Å². The number of hydrogen-bond acceptors (Lipinski definition) is 6. The minimum Gasteiger partial charge on any atom is -0.497 e. The molecule has 2 aromatic heterocycles. The summed E-state index contributed by atoms with van der Waals surface area (Å²) in [5, 5.41) is 17.3. The van der Waals surface area contributed by atoms with Gasteiger partial charge in [0, 0.05) is 49.7 Å². The first kappa shape index (κ1) is 22.1. The molecule has 3 heterocycles. The zero-order valence-corrected chi connectivity index (χ0v) is 18.3. The van der Waals surface area contributed by atoms with Gasteiger partial charge < -0.3 is 29.8 Å². The van der Waals surface area contributed by atoms with Crippen molar-refractivity contribution < 1.29 is 19.1 Å². The number of nitrogens with one attached hydrogen (secondary N) is 2. The summed E-state index contributed by atoms with van der Waals surface area (Å²) in [5.74, 6) is 1.69. The van der Waals surface area contributed by atoms with E-state index in [9.17, 15) is 9.90 Å². The highest BCUT2D eigenvalue weighted by atomic mass is 16.5. The maximum Gasteiger partial charge on any atom is 0.321 e. The number of hydrogen-bond donors (Lipinski definition) is 3. The molecule has 1 saturated heterocycles. The summed E-state index contributed by atoms with van der Waals surface area (Å²) in [6.45, 7) is 2.02. The molecular formula is C24H30N4O4. The molecule has 1 aliphatic rings. The lowest BCUT2D eigenvalue weighted by molar-refractivity contribution is 0.107. The predicted molar refractivity (Wildman–Crippen MR) is 123 cm³/mol. The molecule has 1 fully saturated rings. The first-order valence-electron chi connectivity index (χ1n) is 11.0. The fourth-order valence-electron chi connectivity index (χ4n) is 4.23. The highest BCUT2D eigenvalue weighted by Gasteiger charge is 2.31. The first-order valence-corrected chi connectivity index (χ1v) is 11.0. The van der Waals surface area contributed by atoms with Crippen LogP contribution in [0.3, 0.4) is 0 Å². The van der Waals surface area contributed by atoms with Crippen LogP contribution in [0, 0.1) is 5.92 Å². The number of rotatable bonds is 8. The number of urea groups is 1. The molecule has 4 rings (SSSR count). The summed E-state index contributed by atoms with van der Waals surface area (Å²) in [4.78, 5) is 19.1. The zero-order valence-electron chi connectivity index (χ0n) is 18.3. The molecule has 0 radical (unpaired) electrons. The number of pyridine rings is 1. The van der Waals surface area contributed by atoms with E-state index < -0.39 is 0 Å². The van der Waals surface area contributed by atoms with Crippen molar-refractivity contribution in [1.29, 1.82) is 0 Å². The van der Waals surface area contributed by atoms with Crippen molar-refractivity contribution in [3.8, 4) is 5.75 Å². The molecule has 1 aromatic carbocycles. The van der Waals surface area contributed by atoms with Crippen LogP contribution in [0.5, 0.6) is 5.75 Å². The molecule has 32 heavy (non-hydrogen) atoms. The number of carbonyl (C=O) groups excluding carboxylic acids is 1. The Hall–Kier alpha value is -3.10. The van der Waals surface area contributed by atoms with Gasteiger partial charge in [-0.1, -0.05) is 0 Å². The minimum absolute atomic E-state index is 0.00705. The summed E-state index contributed by atoms with van der Waals surface area (Å²) < 4.78 is 10.7. The Labute approximate surface area is 187 Å². The van der Waals surface area contributed by atoms with Crippen LogP contribution in [0.4, 0.5) is 10.5 Å². The van der Waals surface area contributed by atoms with Crippen molar-refractivity contribution in [3.05, 3.63) is 54.6 Å². The number of benzene rings is 1. The molecule has 2 atom stereocenters. The van der Waals surface area contributed by atoms with Crippen molar-refractivity contribution >= 4 is 22.6 Å². The maximum atomic E-state index is 13.0. The fraction of sp³-hybridized carbons (Fsp3) is 0.417. The van der Waals surface area contributed by atoms with Crippen molar-refractivity contribution in [1.82, 2.24) is 15.2 Å². The summed E-state index contributed by atoms with van der Waals surface area (Å²) in [6, 6.07) is 11.3. The third kappa shape index (κ3) is 5.20. The van der Waals surface area contributed by atoms with E-state index in [2.05, 4.69) is 15.6 Å². The van der Waals surface area contributed by atoms with Crippen molar-refractivity contribution in [2.45, 2.75) is 25.3 Å². The third-order valence-corrected chi connectivity index (χ3v) is 6.03. The largest absolute Gasteiger partial charge is 0.497 e. The standard InChI is InChI=1S/C24H30N4O4/c1-31-19-6-7-22-20(14-19)23(8-11-26-22)27-24(30)28-12-9-21(17(15-28)16-29)25-10-2-4-18-5-3-13-32-18/h3,5-8,11,13-14,17,21,25,29H,2,4,9-10,12,15-16H2,1H3,(H,26,27,30). The SMILES string of the molecule is COc1ccc2nccc(NC(=O)N3CCC(NCCCc4ccco4)C(CO)C3)c2c1. The van der Waals surface area contributed by atoms with Crippen LogP contribution < -0.4 is 15.4 Å². The Morgan fingerprint density at radius 3 is 3.03 bits per heavy atom. The fourth-order valence-corrected chi connectivity index (χ4v) is 4.23. The summed E-state index contributed by atoms with van der Waals surface area (Å²) in [7, 11) is 1.61. The van der Waals surface area contributed by atoms with E-state index in [1.165, 1.54) is 0 Å². The van der Waals surface area contributed by atoms with E-state index in [0.717, 1.165) is 42.5 Å². The van der Waals surface area contributed by atoms with Crippen LogP contribution in [-0.2, 0) is 6.42 Å². The molecule has 170 valence electrons. The minimum atomic E-state index is -0.171. The van der Waals surface area contributed by atoms with Gasteiger partial charge in [-0.25, -0.2) is 4.79 Å². The highest BCUT2D eigenvalue weighted by Crippen LogP contribution is 2.27. The van der Waals surface area contributed by atoms with Crippen molar-refractivity contribution in [2.24, 2.45) is 5.92 Å². The van der Waals surface area contributed by atoms with E-state index in [1.54, 1.807) is 30.5 Å². The van der Waals surface area contributed by atoms with Gasteiger partial charge in [0.25, 0.3) is 0 Å². The number of aliphatic hydroxyl groups excluding tert-OH is 1. The molecule has 2 unspecified atom stereocenters. The second-order valence-electron chi connectivity index (χ2n) is 8.09. The van der Waals surface area contributed by atoms with Gasteiger partial charge in [0.05, 0.1) is 24.6 Å². The van der Waals surface area contributed by atoms with Crippen LogP contribution in [0.1, 0.15) is 18.6 Å². The number of piperidine rings is 1. The number of aromatic nitrogens is 1. The van der Waals surface area contributed by atoms with Crippen molar-refractivity contribution in [3.63, 3.8) is 0 Å². The Bertz CT molecular complexity index is 1020. The van der Waals surface area contributed by atoms with Gasteiger partial charge in [-0.15, -0.1) is 0 Å². The van der Waals surface area contributed by atoms with Gasteiger partial charge in [0.2, 0.25) is 0 Å². The smallest absolute Gasteiger partial charge is 0.321 e. The molecule has 0 saturated carbocycles. The number of fused-ring (bicyclic) bond motifs is 1. The number of ether oxygens (including phenoxy) is 1. The molecule has 0 spiro atoms. The summed E-state index contributed by atoms with van der Waals surface area (Å²) >= 11 is 0. The molecule has 8 heteroatoms. The molecule has 8 nitrogen and oxygen atoms in total. The quantitative estimate of drug-likeness (QED) is 0.467. The molecule has 1 aliphatic heterocycles. The number of anilines is 1. The van der Waals surface area contributed by atoms with E-state index in [4.69, 9.17) is 9.15 Å². The predicted octanol–water partition coefficient (Wildman–Crippen LogP) is 3.27. The summed E-state index contributed by atoms with van der Waals surface area (Å²) in [5.41, 5.74) is 1.48. The van der Waals surface area contributed by atoms with Crippen LogP contribution in [-0.4, -0.2) is 60.4 Å². The lowest BCUT2D eigenvalue weighted by Crippen LogP contribution is -2.53. The molecular weight excluding hydrogens is 408 g/mol. The first-order chi connectivity index (χ1) is 15.7. The Balaban J connectivity index is 1.33. The number of nitrogens with zero attached hydrogens (tertiary/aromatic N) is 2. The van der Waals surface area contributed by atoms with Crippen LogP contribution in [0.2, 0.25) is 0 Å². The molecule has 0 bridgehead atoms. The van der Waals surface area contributed by atoms with Gasteiger partial charge in [0.1, 0.15) is 11.5 Å². The Morgan fingerprint density at radius 1 is 1.34 bits per heavy atom. The van der Waals surface area contributed by atoms with Gasteiger partial charge >= 0.3 is 6.03 Å². The molecule has 3 aromatic rings. The Kier molecular flexibility index (Phi) is 7.24. The number of methoxy groups -OCH3 is 1. The number of furan rings is 1. The zero-order chi connectivity index (χ0) is 22.3. The monoisotopic (exact) mass is 438 g/mol. The summed E-state index contributed by atoms with van der Waals surface area (Å²) in [6.07, 6.45) is 6.02.